The highest BCUT2D eigenvalue weighted by molar-refractivity contribution is 6.75. The third-order valence-electron chi connectivity index (χ3n) is 8.69. The summed E-state index contributed by atoms with van der Waals surface area (Å²) in [6.07, 6.45) is 3.99. The summed E-state index contributed by atoms with van der Waals surface area (Å²) in [7, 11) is -3.66. The van der Waals surface area contributed by atoms with Crippen LogP contribution in [0.15, 0.2) is 6.07 Å². The number of nitrogens with one attached hydrogen (secondary N) is 2. The summed E-state index contributed by atoms with van der Waals surface area (Å²) in [5.74, 6) is 0.204. The van der Waals surface area contributed by atoms with E-state index in [4.69, 9.17) is 35.4 Å². The van der Waals surface area contributed by atoms with E-state index in [0.717, 1.165) is 72.5 Å². The van der Waals surface area contributed by atoms with E-state index in [1.54, 1.807) is 30.2 Å². The van der Waals surface area contributed by atoms with Gasteiger partial charge in [-0.05, 0) is 104 Å². The van der Waals surface area contributed by atoms with Crippen molar-refractivity contribution in [2.45, 2.75) is 130 Å². The Morgan fingerprint density at radius 2 is 1.08 bits per heavy atom. The first-order valence-electron chi connectivity index (χ1n) is 19.7. The maximum absolute atomic E-state index is 6.14. The van der Waals surface area contributed by atoms with E-state index in [1.807, 2.05) is 41.5 Å². The molecule has 0 heterocycles. The first-order chi connectivity index (χ1) is 25.0. The average molecular weight is 833 g/mol. The van der Waals surface area contributed by atoms with Gasteiger partial charge in [0.2, 0.25) is 0 Å². The van der Waals surface area contributed by atoms with Crippen LogP contribution in [0.1, 0.15) is 71.1 Å². The predicted molar refractivity (Wildman–Crippen MR) is 228 cm³/mol. The molecule has 0 fully saturated rings. The van der Waals surface area contributed by atoms with Crippen LogP contribution in [0.2, 0.25) is 50.4 Å². The normalized spacial score (nSPS) is 12.8. The van der Waals surface area contributed by atoms with Crippen molar-refractivity contribution in [3.05, 3.63) is 22.8 Å². The van der Waals surface area contributed by atoms with Crippen molar-refractivity contribution in [3.63, 3.8) is 0 Å². The van der Waals surface area contributed by atoms with Gasteiger partial charge >= 0.3 is 26.9 Å². The van der Waals surface area contributed by atoms with E-state index < -0.39 is 44.5 Å². The van der Waals surface area contributed by atoms with Gasteiger partial charge in [-0.1, -0.05) is 54.2 Å². The minimum absolute atomic E-state index is 0.204. The van der Waals surface area contributed by atoms with E-state index in [9.17, 15) is 0 Å². The van der Waals surface area contributed by atoms with Crippen LogP contribution in [-0.2, 0) is 48.2 Å². The summed E-state index contributed by atoms with van der Waals surface area (Å²) < 4.78 is 48.2. The van der Waals surface area contributed by atoms with Crippen molar-refractivity contribution in [1.29, 1.82) is 0 Å². The van der Waals surface area contributed by atoms with Crippen LogP contribution in [0.4, 0.5) is 0 Å². The van der Waals surface area contributed by atoms with Crippen LogP contribution in [0.5, 0.6) is 0 Å². The molecule has 16 heteroatoms. The summed E-state index contributed by atoms with van der Waals surface area (Å²) in [5, 5.41) is 11.1. The highest BCUT2D eigenvalue weighted by atomic mass is 28.4. The maximum atomic E-state index is 6.14. The van der Waals surface area contributed by atoms with Gasteiger partial charge in [0.25, 0.3) is 0 Å². The number of hydrogen-bond acceptors (Lipinski definition) is 10. The summed E-state index contributed by atoms with van der Waals surface area (Å²) in [6.45, 7) is 29.6. The van der Waals surface area contributed by atoms with E-state index in [2.05, 4.69) is 49.8 Å². The molecule has 2 N–H and O–H groups in total. The van der Waals surface area contributed by atoms with Gasteiger partial charge in [0, 0.05) is 71.7 Å². The first-order valence-corrected chi connectivity index (χ1v) is 31.4. The van der Waals surface area contributed by atoms with E-state index in [-0.39, 0.29) is 5.79 Å². The Kier molecular flexibility index (Phi) is 27.5. The molecule has 0 amide bonds. The molecule has 0 bridgehead atoms. The fraction of sp³-hybridized carbons (Fsp3) is 0.833. The lowest BCUT2D eigenvalue weighted by Gasteiger charge is -2.29. The Morgan fingerprint density at radius 1 is 0.654 bits per heavy atom. The quantitative estimate of drug-likeness (QED) is 0.0556. The Labute approximate surface area is 329 Å². The van der Waals surface area contributed by atoms with Gasteiger partial charge in [-0.15, -0.1) is 0 Å². The zero-order valence-electron chi connectivity index (χ0n) is 35.2. The second-order valence-electron chi connectivity index (χ2n) is 13.1. The van der Waals surface area contributed by atoms with Gasteiger partial charge in [0.15, 0.2) is 0 Å². The predicted octanol–water partition coefficient (Wildman–Crippen LogP) is 5.25. The van der Waals surface area contributed by atoms with Crippen LogP contribution >= 0.6 is 0 Å². The van der Waals surface area contributed by atoms with Crippen LogP contribution < -0.4 is 21.0 Å². The van der Waals surface area contributed by atoms with Gasteiger partial charge in [-0.25, -0.2) is 0 Å². The van der Waals surface area contributed by atoms with Crippen molar-refractivity contribution in [2.75, 3.05) is 67.0 Å². The third-order valence-corrected chi connectivity index (χ3v) is 21.2. The second-order valence-corrected chi connectivity index (χ2v) is 27.1. The molecular weight excluding hydrogens is 757 g/mol. The molecule has 1 aromatic rings. The minimum Gasteiger partial charge on any atom is -0.397 e. The zero-order valence-corrected chi connectivity index (χ0v) is 41.2. The molecule has 1 rings (SSSR count). The molecule has 0 aromatic heterocycles. The average Bonchev–Trinajstić information content (AvgIpc) is 3.09. The Balaban J connectivity index is 3.24. The minimum atomic E-state index is -2.68. The molecule has 0 spiro atoms. The number of aryl methyl sites for hydroxylation is 2. The number of rotatable bonds is 33. The number of benzene rings is 1. The summed E-state index contributed by atoms with van der Waals surface area (Å²) in [6, 6.07) is 6.20. The molecular formula is C36H75N2O8Si6. The topological polar surface area (TPSA) is 97.9 Å². The summed E-state index contributed by atoms with van der Waals surface area (Å²) in [5.41, 5.74) is 4.62. The molecule has 0 aliphatic heterocycles. The molecule has 0 unspecified atom stereocenters. The Bertz CT molecular complexity index is 1010. The molecule has 52 heavy (non-hydrogen) atoms. The molecule has 301 valence electrons. The smallest absolute Gasteiger partial charge is 0.397 e. The molecule has 10 nitrogen and oxygen atoms in total. The van der Waals surface area contributed by atoms with Crippen molar-refractivity contribution in [2.24, 2.45) is 0 Å². The Hall–Kier alpha value is 0.121. The first kappa shape index (κ1) is 50.1. The van der Waals surface area contributed by atoms with Gasteiger partial charge in [-0.2, -0.15) is 0 Å². The second kappa shape index (κ2) is 28.5. The van der Waals surface area contributed by atoms with Gasteiger partial charge in [0.05, 0.1) is 27.1 Å². The van der Waals surface area contributed by atoms with Crippen molar-refractivity contribution < 1.29 is 35.4 Å². The van der Waals surface area contributed by atoms with Gasteiger partial charge < -0.3 is 46.0 Å². The lowest BCUT2D eigenvalue weighted by atomic mass is 10.0. The lowest BCUT2D eigenvalue weighted by Crippen LogP contribution is -2.50. The lowest BCUT2D eigenvalue weighted by molar-refractivity contribution is 0.0701. The summed E-state index contributed by atoms with van der Waals surface area (Å²) >= 11 is 0. The van der Waals surface area contributed by atoms with E-state index in [0.29, 0.717) is 39.6 Å². The van der Waals surface area contributed by atoms with Crippen molar-refractivity contribution in [1.82, 2.24) is 10.6 Å². The van der Waals surface area contributed by atoms with Gasteiger partial charge in [0.1, 0.15) is 0 Å². The van der Waals surface area contributed by atoms with Crippen LogP contribution in [0, 0.1) is 6.92 Å². The summed E-state index contributed by atoms with van der Waals surface area (Å²) in [4.78, 5) is 0. The fourth-order valence-electron chi connectivity index (χ4n) is 6.92. The molecule has 5 radical (unpaired) electrons. The fourth-order valence-corrected chi connectivity index (χ4v) is 18.0. The number of hydrogen-bond donors (Lipinski definition) is 2. The standard InChI is InChI=1S/C36H75N2O8Si6/c1-14-41-51(42-15-2,43-16-3)28-20-24-37-36(38-25-21-29-52(44-17-4,45-18-5)46-19-6)47-26-22-33-34(48(10)11)31(7)30-32(35(33)49(12)13)23-27-50(39-8)40-9/h30,36-38H,14-29H2,1-13H3. The zero-order chi connectivity index (χ0) is 39.0. The van der Waals surface area contributed by atoms with Gasteiger partial charge in [-0.3, -0.25) is 0 Å². The molecule has 0 saturated carbocycles. The van der Waals surface area contributed by atoms with E-state index in [1.165, 1.54) is 11.1 Å². The molecule has 0 atom stereocenters. The molecule has 0 saturated heterocycles. The SMILES string of the molecule is CCO[Si](CCCNC(NCCC[Si](OCC)(OCC)OCC)[Si]CCc1c([Si](C)C)c(C)cc(CC[Si](OC)OC)c1[Si](C)C)(OCC)OCC. The maximum Gasteiger partial charge on any atom is 0.500 e. The van der Waals surface area contributed by atoms with Crippen LogP contribution in [0.25, 0.3) is 0 Å². The van der Waals surface area contributed by atoms with Crippen molar-refractivity contribution >= 4 is 64.4 Å². The Morgan fingerprint density at radius 3 is 1.44 bits per heavy atom. The highest BCUT2D eigenvalue weighted by Gasteiger charge is 2.40. The monoisotopic (exact) mass is 831 g/mol. The molecule has 1 aromatic carbocycles. The van der Waals surface area contributed by atoms with Crippen LogP contribution in [0.3, 0.4) is 0 Å². The highest BCUT2D eigenvalue weighted by Crippen LogP contribution is 2.20. The molecule has 0 aliphatic rings. The third kappa shape index (κ3) is 17.5. The van der Waals surface area contributed by atoms with Crippen LogP contribution in [-0.4, -0.2) is 127 Å². The molecule has 0 aliphatic carbocycles. The van der Waals surface area contributed by atoms with Crippen molar-refractivity contribution in [3.8, 4) is 0 Å². The largest absolute Gasteiger partial charge is 0.500 e. The van der Waals surface area contributed by atoms with E-state index >= 15 is 0 Å².